The molecule has 8 nitrogen and oxygen atoms in total. The van der Waals surface area contributed by atoms with Gasteiger partial charge in [-0.05, 0) is 31.3 Å². The third kappa shape index (κ3) is 5.55. The molecule has 0 heterocycles. The summed E-state index contributed by atoms with van der Waals surface area (Å²) in [7, 11) is 3.38. The fraction of sp³-hybridized carbons (Fsp3) is 0.211. The van der Waals surface area contributed by atoms with E-state index in [1.807, 2.05) is 24.3 Å². The highest BCUT2D eigenvalue weighted by Gasteiger charge is 2.13. The summed E-state index contributed by atoms with van der Waals surface area (Å²) >= 11 is 0. The second-order valence-corrected chi connectivity index (χ2v) is 6.06. The number of nitrogens with two attached hydrogens (primary N) is 2. The number of hydrogen-bond donors (Lipinski definition) is 3. The van der Waals surface area contributed by atoms with E-state index in [1.54, 1.807) is 19.1 Å². The maximum absolute atomic E-state index is 12.3. The number of primary amides is 2. The maximum Gasteiger partial charge on any atom is 0.248 e. The minimum atomic E-state index is -0.720. The Morgan fingerprint density at radius 3 is 2.19 bits per heavy atom. The number of para-hydroxylation sites is 1. The molecule has 27 heavy (non-hydrogen) atoms. The van der Waals surface area contributed by atoms with Gasteiger partial charge < -0.3 is 21.5 Å². The maximum atomic E-state index is 12.3. The molecule has 0 aliphatic heterocycles. The molecule has 0 radical (unpaired) electrons. The molecule has 5 N–H and O–H groups in total. The van der Waals surface area contributed by atoms with E-state index in [1.165, 1.54) is 18.2 Å². The van der Waals surface area contributed by atoms with E-state index in [4.69, 9.17) is 16.2 Å². The van der Waals surface area contributed by atoms with Gasteiger partial charge in [-0.1, -0.05) is 18.2 Å². The zero-order valence-electron chi connectivity index (χ0n) is 15.2. The van der Waals surface area contributed by atoms with Crippen molar-refractivity contribution in [1.82, 2.24) is 4.90 Å². The first-order chi connectivity index (χ1) is 12.8. The van der Waals surface area contributed by atoms with Crippen LogP contribution in [0, 0.1) is 0 Å². The predicted molar refractivity (Wildman–Crippen MR) is 101 cm³/mol. The van der Waals surface area contributed by atoms with Crippen LogP contribution in [0.2, 0.25) is 0 Å². The van der Waals surface area contributed by atoms with Crippen molar-refractivity contribution < 1.29 is 19.1 Å². The summed E-state index contributed by atoms with van der Waals surface area (Å²) < 4.78 is 5.30. The lowest BCUT2D eigenvalue weighted by molar-refractivity contribution is -0.117. The van der Waals surface area contributed by atoms with Gasteiger partial charge in [-0.25, -0.2) is 0 Å². The largest absolute Gasteiger partial charge is 0.496 e. The van der Waals surface area contributed by atoms with Crippen LogP contribution in [0.4, 0.5) is 5.69 Å². The summed E-state index contributed by atoms with van der Waals surface area (Å²) in [4.78, 5) is 36.9. The first kappa shape index (κ1) is 19.9. The first-order valence-corrected chi connectivity index (χ1v) is 8.15. The Labute approximate surface area is 157 Å². The Balaban J connectivity index is 2.06. The van der Waals surface area contributed by atoms with Gasteiger partial charge in [0.1, 0.15) is 5.75 Å². The number of benzene rings is 2. The summed E-state index contributed by atoms with van der Waals surface area (Å²) in [6.07, 6.45) is 0. The molecule has 0 bridgehead atoms. The number of anilines is 1. The number of carbonyl (C=O) groups excluding carboxylic acids is 3. The van der Waals surface area contributed by atoms with Gasteiger partial charge in [-0.2, -0.15) is 0 Å². The summed E-state index contributed by atoms with van der Waals surface area (Å²) in [5.41, 5.74) is 11.9. The van der Waals surface area contributed by atoms with Gasteiger partial charge in [0.2, 0.25) is 17.7 Å². The van der Waals surface area contributed by atoms with Gasteiger partial charge in [-0.3, -0.25) is 19.3 Å². The number of nitrogens with zero attached hydrogens (tertiary/aromatic N) is 1. The van der Waals surface area contributed by atoms with E-state index in [0.717, 1.165) is 11.3 Å². The number of rotatable bonds is 8. The van der Waals surface area contributed by atoms with Crippen molar-refractivity contribution in [1.29, 1.82) is 0 Å². The van der Waals surface area contributed by atoms with Crippen LogP contribution in [0.3, 0.4) is 0 Å². The first-order valence-electron chi connectivity index (χ1n) is 8.15. The molecule has 0 aliphatic carbocycles. The number of hydrogen-bond acceptors (Lipinski definition) is 5. The van der Waals surface area contributed by atoms with Crippen LogP contribution >= 0.6 is 0 Å². The lowest BCUT2D eigenvalue weighted by Gasteiger charge is -2.18. The van der Waals surface area contributed by atoms with Crippen molar-refractivity contribution in [2.45, 2.75) is 6.54 Å². The number of nitrogens with one attached hydrogen (secondary N) is 1. The monoisotopic (exact) mass is 370 g/mol. The van der Waals surface area contributed by atoms with E-state index >= 15 is 0 Å². The van der Waals surface area contributed by atoms with Crippen molar-refractivity contribution in [2.75, 3.05) is 26.0 Å². The molecule has 0 fully saturated rings. The minimum absolute atomic E-state index is 0.0870. The van der Waals surface area contributed by atoms with Gasteiger partial charge in [-0.15, -0.1) is 0 Å². The normalized spacial score (nSPS) is 10.5. The fourth-order valence-corrected chi connectivity index (χ4v) is 2.61. The Morgan fingerprint density at radius 2 is 1.63 bits per heavy atom. The van der Waals surface area contributed by atoms with Crippen molar-refractivity contribution in [3.8, 4) is 5.75 Å². The number of likely N-dealkylation sites (N-methyl/N-ethyl adjacent to an activating group) is 1. The quantitative estimate of drug-likeness (QED) is 0.638. The number of carbonyl (C=O) groups is 3. The second kappa shape index (κ2) is 8.81. The molecule has 0 saturated heterocycles. The zero-order chi connectivity index (χ0) is 20.0. The Morgan fingerprint density at radius 1 is 1.04 bits per heavy atom. The molecule has 3 amide bonds. The summed E-state index contributed by atoms with van der Waals surface area (Å²) in [5, 5.41) is 2.65. The molecule has 2 aromatic carbocycles. The second-order valence-electron chi connectivity index (χ2n) is 6.06. The van der Waals surface area contributed by atoms with Crippen LogP contribution in [0.5, 0.6) is 5.75 Å². The third-order valence-electron chi connectivity index (χ3n) is 3.83. The average Bonchev–Trinajstić information content (AvgIpc) is 2.61. The Kier molecular flexibility index (Phi) is 6.51. The molecule has 0 atom stereocenters. The molecule has 2 aromatic rings. The van der Waals surface area contributed by atoms with Crippen molar-refractivity contribution in [3.05, 3.63) is 59.2 Å². The van der Waals surface area contributed by atoms with Crippen LogP contribution < -0.4 is 21.5 Å². The molecule has 8 heteroatoms. The van der Waals surface area contributed by atoms with E-state index in [9.17, 15) is 14.4 Å². The molecule has 2 rings (SSSR count). The summed E-state index contributed by atoms with van der Waals surface area (Å²) in [6.45, 7) is 0.593. The Bertz CT molecular complexity index is 834. The fourth-order valence-electron chi connectivity index (χ4n) is 2.61. The van der Waals surface area contributed by atoms with E-state index < -0.39 is 11.8 Å². The van der Waals surface area contributed by atoms with Gasteiger partial charge in [0.25, 0.3) is 0 Å². The highest BCUT2D eigenvalue weighted by Crippen LogP contribution is 2.19. The van der Waals surface area contributed by atoms with Gasteiger partial charge >= 0.3 is 0 Å². The van der Waals surface area contributed by atoms with E-state index in [2.05, 4.69) is 5.32 Å². The van der Waals surface area contributed by atoms with Gasteiger partial charge in [0.15, 0.2) is 0 Å². The van der Waals surface area contributed by atoms with Crippen molar-refractivity contribution >= 4 is 23.4 Å². The minimum Gasteiger partial charge on any atom is -0.496 e. The van der Waals surface area contributed by atoms with Crippen LogP contribution in [0.15, 0.2) is 42.5 Å². The summed E-state index contributed by atoms with van der Waals surface area (Å²) in [6, 6.07) is 11.6. The highest BCUT2D eigenvalue weighted by atomic mass is 16.5. The molecule has 0 aromatic heterocycles. The predicted octanol–water partition coefficient (Wildman–Crippen LogP) is 0.964. The lowest BCUT2D eigenvalue weighted by Crippen LogP contribution is -2.30. The van der Waals surface area contributed by atoms with E-state index in [-0.39, 0.29) is 29.3 Å². The zero-order valence-corrected chi connectivity index (χ0v) is 15.2. The smallest absolute Gasteiger partial charge is 0.248 e. The lowest BCUT2D eigenvalue weighted by atomic mass is 10.1. The Hall–Kier alpha value is -3.39. The number of methoxy groups -OCH3 is 1. The van der Waals surface area contributed by atoms with Crippen LogP contribution in [-0.4, -0.2) is 43.3 Å². The molecular formula is C19H22N4O4. The molecule has 0 saturated carbocycles. The molecule has 0 unspecified atom stereocenters. The van der Waals surface area contributed by atoms with Crippen LogP contribution in [0.25, 0.3) is 0 Å². The third-order valence-corrected chi connectivity index (χ3v) is 3.83. The van der Waals surface area contributed by atoms with Crippen LogP contribution in [0.1, 0.15) is 26.3 Å². The van der Waals surface area contributed by atoms with Crippen molar-refractivity contribution in [2.24, 2.45) is 11.5 Å². The summed E-state index contributed by atoms with van der Waals surface area (Å²) in [5.74, 6) is -1.02. The molecular weight excluding hydrogens is 348 g/mol. The number of ether oxygens (including phenoxy) is 1. The standard InChI is InChI=1S/C19H22N4O4/c1-23(10-12-5-3-4-6-16(12)27-2)11-17(24)22-15-8-13(18(20)25)7-14(9-15)19(21)26/h3-9H,10-11H2,1-2H3,(H2,20,25)(H2,21,26)(H,22,24). The van der Waals surface area contributed by atoms with Crippen LogP contribution in [-0.2, 0) is 11.3 Å². The highest BCUT2D eigenvalue weighted by molar-refractivity contribution is 6.01. The SMILES string of the molecule is COc1ccccc1CN(C)CC(=O)Nc1cc(C(N)=O)cc(C(N)=O)c1. The number of amides is 3. The van der Waals surface area contributed by atoms with Gasteiger partial charge in [0.05, 0.1) is 13.7 Å². The van der Waals surface area contributed by atoms with E-state index in [0.29, 0.717) is 6.54 Å². The average molecular weight is 370 g/mol. The van der Waals surface area contributed by atoms with Crippen molar-refractivity contribution in [3.63, 3.8) is 0 Å². The van der Waals surface area contributed by atoms with Gasteiger partial charge in [0, 0.05) is 28.9 Å². The molecule has 0 aliphatic rings. The molecule has 0 spiro atoms. The topological polar surface area (TPSA) is 128 Å². The molecule has 142 valence electrons.